The molecular weight excluding hydrogens is 548 g/mol. The largest absolute Gasteiger partial charge is 0.507 e. The number of likely N-dealkylation sites (N-methyl/N-ethyl adjacent to an activating group) is 1. The van der Waals surface area contributed by atoms with Gasteiger partial charge in [0.2, 0.25) is 5.91 Å². The Hall–Kier alpha value is -2.68. The van der Waals surface area contributed by atoms with Crippen molar-refractivity contribution >= 4 is 35.4 Å². The van der Waals surface area contributed by atoms with Crippen LogP contribution in [0.2, 0.25) is 0 Å². The Morgan fingerprint density at radius 3 is 2.19 bits per heavy atom. The first-order chi connectivity index (χ1) is 19.3. The molecule has 1 aliphatic carbocycles. The molecule has 1 fully saturated rings. The highest BCUT2D eigenvalue weighted by atomic mass is 32.1. The molecule has 1 aromatic carbocycles. The molecule has 42 heavy (non-hydrogen) atoms. The molecule has 2 rings (SSSR count). The molecule has 1 aromatic rings. The lowest BCUT2D eigenvalue weighted by atomic mass is 9.85. The third-order valence-corrected chi connectivity index (χ3v) is 7.89. The third kappa shape index (κ3) is 9.68. The van der Waals surface area contributed by atoms with Crippen molar-refractivity contribution in [2.75, 3.05) is 13.1 Å². The van der Waals surface area contributed by atoms with Crippen molar-refractivity contribution in [2.24, 2.45) is 15.8 Å². The average molecular weight is 603 g/mol. The Bertz CT molecular complexity index is 1140. The van der Waals surface area contributed by atoms with Gasteiger partial charge in [-0.3, -0.25) is 14.6 Å². The average Bonchev–Trinajstić information content (AvgIpc) is 2.86. The molecule has 0 heterocycles. The SMILES string of the molecule is CCN(CC)C(=O)[C@@H](NC(=S)N[C@H]1CCCC[C@@H]1N=Cc1cc(OC(=O)C(C)(C)C)cc(C(C)(C)C)c1O)C(C)(C)C. The number of carbonyl (C=O) groups is 2. The number of phenols is 1. The number of thiocarbonyl (C=S) groups is 1. The zero-order valence-electron chi connectivity index (χ0n) is 27.7. The van der Waals surface area contributed by atoms with Gasteiger partial charge in [-0.05, 0) is 82.6 Å². The number of ether oxygens (including phenoxy) is 1. The fourth-order valence-electron chi connectivity index (χ4n) is 4.96. The summed E-state index contributed by atoms with van der Waals surface area (Å²) in [6, 6.07) is 2.83. The Labute approximate surface area is 259 Å². The Morgan fingerprint density at radius 2 is 1.67 bits per heavy atom. The number of phenolic OH excluding ortho intramolecular Hbond substituents is 1. The van der Waals surface area contributed by atoms with Crippen LogP contribution in [0, 0.1) is 10.8 Å². The van der Waals surface area contributed by atoms with E-state index in [1.807, 2.05) is 81.1 Å². The highest BCUT2D eigenvalue weighted by Gasteiger charge is 2.35. The number of amides is 1. The normalized spacial score (nSPS) is 18.8. The maximum absolute atomic E-state index is 13.3. The highest BCUT2D eigenvalue weighted by Crippen LogP contribution is 2.37. The van der Waals surface area contributed by atoms with Gasteiger partial charge in [-0.2, -0.15) is 0 Å². The van der Waals surface area contributed by atoms with Gasteiger partial charge < -0.3 is 25.4 Å². The van der Waals surface area contributed by atoms with E-state index in [1.54, 1.807) is 18.3 Å². The van der Waals surface area contributed by atoms with E-state index in [4.69, 9.17) is 21.9 Å². The van der Waals surface area contributed by atoms with Crippen LogP contribution in [0.15, 0.2) is 17.1 Å². The molecule has 0 unspecified atom stereocenters. The summed E-state index contributed by atoms with van der Waals surface area (Å²) in [6.07, 6.45) is 5.51. The minimum atomic E-state index is -0.663. The van der Waals surface area contributed by atoms with Gasteiger partial charge in [-0.25, -0.2) is 0 Å². The standard InChI is InChI=1S/C33H54N4O4S/c1-12-37(13-2)28(39)27(32(6,7)8)36-30(42)35-25-17-15-14-16-24(25)34-20-21-18-22(41-29(40)33(9,10)11)19-23(26(21)38)31(3,4)5/h18-20,24-25,27,38H,12-17H2,1-11H3,(H2,35,36,42)/t24-,25-,27+/m0/s1. The van der Waals surface area contributed by atoms with Crippen molar-refractivity contribution in [2.45, 2.75) is 125 Å². The minimum Gasteiger partial charge on any atom is -0.507 e. The van der Waals surface area contributed by atoms with Crippen molar-refractivity contribution in [3.8, 4) is 11.5 Å². The van der Waals surface area contributed by atoms with Gasteiger partial charge in [0, 0.05) is 30.4 Å². The third-order valence-electron chi connectivity index (χ3n) is 7.66. The van der Waals surface area contributed by atoms with Gasteiger partial charge in [0.15, 0.2) is 5.11 Å². The van der Waals surface area contributed by atoms with Crippen molar-refractivity contribution in [1.82, 2.24) is 15.5 Å². The Morgan fingerprint density at radius 1 is 1.07 bits per heavy atom. The predicted molar refractivity (Wildman–Crippen MR) is 176 cm³/mol. The van der Waals surface area contributed by atoms with Crippen LogP contribution in [0.4, 0.5) is 0 Å². The van der Waals surface area contributed by atoms with Crippen LogP contribution in [0.3, 0.4) is 0 Å². The van der Waals surface area contributed by atoms with Gasteiger partial charge >= 0.3 is 5.97 Å². The van der Waals surface area contributed by atoms with Crippen LogP contribution in [0.25, 0.3) is 0 Å². The van der Waals surface area contributed by atoms with E-state index in [2.05, 4.69) is 10.6 Å². The minimum absolute atomic E-state index is 0.0229. The number of aliphatic imine (C=N–C) groups is 1. The fraction of sp³-hybridized carbons (Fsp3) is 0.697. The second-order valence-corrected chi connectivity index (χ2v) is 14.9. The van der Waals surface area contributed by atoms with Crippen molar-refractivity contribution in [3.63, 3.8) is 0 Å². The molecule has 0 spiro atoms. The lowest BCUT2D eigenvalue weighted by Crippen LogP contribution is -2.58. The summed E-state index contributed by atoms with van der Waals surface area (Å²) in [5.74, 6) is 0.199. The molecule has 0 radical (unpaired) electrons. The predicted octanol–water partition coefficient (Wildman–Crippen LogP) is 6.12. The van der Waals surface area contributed by atoms with Gasteiger partial charge in [-0.15, -0.1) is 0 Å². The Kier molecular flexibility index (Phi) is 12.0. The van der Waals surface area contributed by atoms with Gasteiger partial charge in [0.1, 0.15) is 17.5 Å². The maximum Gasteiger partial charge on any atom is 0.316 e. The molecule has 3 atom stereocenters. The quantitative estimate of drug-likeness (QED) is 0.143. The van der Waals surface area contributed by atoms with Crippen LogP contribution >= 0.6 is 12.2 Å². The summed E-state index contributed by atoms with van der Waals surface area (Å²) >= 11 is 5.72. The first kappa shape index (κ1) is 35.5. The topological polar surface area (TPSA) is 103 Å². The number of nitrogens with one attached hydrogen (secondary N) is 2. The summed E-state index contributed by atoms with van der Waals surface area (Å²) in [5.41, 5.74) is -0.196. The summed E-state index contributed by atoms with van der Waals surface area (Å²) in [7, 11) is 0. The first-order valence-electron chi connectivity index (χ1n) is 15.3. The number of hydrogen-bond acceptors (Lipinski definition) is 6. The van der Waals surface area contributed by atoms with E-state index in [-0.39, 0.29) is 40.5 Å². The number of carbonyl (C=O) groups excluding carboxylic acids is 2. The molecule has 3 N–H and O–H groups in total. The molecule has 0 saturated heterocycles. The van der Waals surface area contributed by atoms with Crippen molar-refractivity contribution in [3.05, 3.63) is 23.3 Å². The van der Waals surface area contributed by atoms with Crippen LogP contribution in [-0.2, 0) is 15.0 Å². The van der Waals surface area contributed by atoms with E-state index in [1.165, 1.54) is 0 Å². The number of esters is 1. The molecule has 0 bridgehead atoms. The second-order valence-electron chi connectivity index (χ2n) is 14.5. The molecule has 8 nitrogen and oxygen atoms in total. The van der Waals surface area contributed by atoms with Crippen LogP contribution < -0.4 is 15.4 Å². The van der Waals surface area contributed by atoms with E-state index < -0.39 is 11.5 Å². The molecule has 9 heteroatoms. The molecular formula is C33H54N4O4S. The number of aromatic hydroxyl groups is 1. The van der Waals surface area contributed by atoms with Gasteiger partial charge in [-0.1, -0.05) is 54.4 Å². The zero-order chi connectivity index (χ0) is 32.0. The molecule has 0 aromatic heterocycles. The van der Waals surface area contributed by atoms with E-state index in [0.29, 0.717) is 35.1 Å². The Balaban J connectivity index is 2.31. The summed E-state index contributed by atoms with van der Waals surface area (Å²) in [6.45, 7) is 22.8. The van der Waals surface area contributed by atoms with E-state index in [0.717, 1.165) is 25.7 Å². The molecule has 236 valence electrons. The first-order valence-corrected chi connectivity index (χ1v) is 15.7. The van der Waals surface area contributed by atoms with Crippen molar-refractivity contribution < 1.29 is 19.4 Å². The van der Waals surface area contributed by atoms with Crippen molar-refractivity contribution in [1.29, 1.82) is 0 Å². The maximum atomic E-state index is 13.3. The van der Waals surface area contributed by atoms with Crippen LogP contribution in [0.1, 0.15) is 113 Å². The van der Waals surface area contributed by atoms with Crippen LogP contribution in [-0.4, -0.2) is 64.4 Å². The number of rotatable bonds is 8. The molecule has 1 saturated carbocycles. The number of benzene rings is 1. The van der Waals surface area contributed by atoms with Crippen LogP contribution in [0.5, 0.6) is 11.5 Å². The fourth-order valence-corrected chi connectivity index (χ4v) is 5.23. The second kappa shape index (κ2) is 14.2. The summed E-state index contributed by atoms with van der Waals surface area (Å²) in [4.78, 5) is 32.6. The summed E-state index contributed by atoms with van der Waals surface area (Å²) in [5, 5.41) is 18.4. The van der Waals surface area contributed by atoms with E-state index in [9.17, 15) is 14.7 Å². The zero-order valence-corrected chi connectivity index (χ0v) is 28.5. The highest BCUT2D eigenvalue weighted by molar-refractivity contribution is 7.80. The summed E-state index contributed by atoms with van der Waals surface area (Å²) < 4.78 is 5.71. The number of hydrogen-bond donors (Lipinski definition) is 3. The number of nitrogens with zero attached hydrogens (tertiary/aromatic N) is 2. The molecule has 0 aliphatic heterocycles. The molecule has 1 amide bonds. The van der Waals surface area contributed by atoms with E-state index >= 15 is 0 Å². The molecule has 1 aliphatic rings. The monoisotopic (exact) mass is 602 g/mol. The lowest BCUT2D eigenvalue weighted by molar-refractivity contribution is -0.143. The lowest BCUT2D eigenvalue weighted by Gasteiger charge is -2.36. The van der Waals surface area contributed by atoms with Gasteiger partial charge in [0.05, 0.1) is 17.5 Å². The smallest absolute Gasteiger partial charge is 0.316 e. The van der Waals surface area contributed by atoms with Gasteiger partial charge in [0.25, 0.3) is 0 Å².